The molecule has 0 aromatic heterocycles. The van der Waals surface area contributed by atoms with E-state index in [1.807, 2.05) is 0 Å². The van der Waals surface area contributed by atoms with E-state index in [-0.39, 0.29) is 19.8 Å². The number of hydrogen-bond donors (Lipinski definition) is 2. The van der Waals surface area contributed by atoms with Gasteiger partial charge in [0.05, 0.1) is 13.2 Å². The van der Waals surface area contributed by atoms with Crippen LogP contribution in [-0.4, -0.2) is 61.9 Å². The first-order chi connectivity index (χ1) is 8.29. The first-order valence-corrected chi connectivity index (χ1v) is 5.66. The number of amides is 1. The molecule has 18 heavy (non-hydrogen) atoms. The summed E-state index contributed by atoms with van der Waals surface area (Å²) in [5.74, 6) is -0.496. The van der Waals surface area contributed by atoms with Crippen molar-refractivity contribution in [3.05, 3.63) is 0 Å². The molecule has 1 fully saturated rings. The Morgan fingerprint density at radius 2 is 2.17 bits per heavy atom. The second-order valence-electron chi connectivity index (χ2n) is 4.29. The van der Waals surface area contributed by atoms with Gasteiger partial charge in [0.15, 0.2) is 0 Å². The lowest BCUT2D eigenvalue weighted by Crippen LogP contribution is -2.64. The number of ether oxygens (including phenoxy) is 1. The fourth-order valence-corrected chi connectivity index (χ4v) is 2.13. The number of rotatable bonds is 3. The van der Waals surface area contributed by atoms with Gasteiger partial charge in [0, 0.05) is 19.6 Å². The molecule has 0 aromatic carbocycles. The van der Waals surface area contributed by atoms with Crippen LogP contribution in [0.4, 0.5) is 13.2 Å². The van der Waals surface area contributed by atoms with Crippen molar-refractivity contribution in [2.75, 3.05) is 26.8 Å². The highest BCUT2D eigenvalue weighted by atomic mass is 19.4. The van der Waals surface area contributed by atoms with Gasteiger partial charge in [0.1, 0.15) is 12.1 Å². The van der Waals surface area contributed by atoms with Crippen molar-refractivity contribution in [2.24, 2.45) is 5.73 Å². The van der Waals surface area contributed by atoms with E-state index in [4.69, 9.17) is 10.5 Å². The van der Waals surface area contributed by atoms with Gasteiger partial charge in [-0.1, -0.05) is 0 Å². The van der Waals surface area contributed by atoms with Crippen LogP contribution in [0.1, 0.15) is 6.92 Å². The van der Waals surface area contributed by atoms with Crippen LogP contribution in [0.25, 0.3) is 0 Å². The molecule has 1 amide bonds. The number of alkyl halides is 3. The standard InChI is InChI=1S/C10H18F3N3O2/c1-6(14)8(10(11,12)13)16-3-4-18-5-7(16)9(17)15-2/h6-8H,3-5,14H2,1-2H3,(H,15,17). The Kier molecular flexibility index (Phi) is 4.94. The third kappa shape index (κ3) is 3.33. The van der Waals surface area contributed by atoms with E-state index in [9.17, 15) is 18.0 Å². The van der Waals surface area contributed by atoms with Crippen molar-refractivity contribution in [3.63, 3.8) is 0 Å². The van der Waals surface area contributed by atoms with Crippen LogP contribution < -0.4 is 11.1 Å². The molecule has 106 valence electrons. The quantitative estimate of drug-likeness (QED) is 0.739. The molecule has 0 saturated carbocycles. The topological polar surface area (TPSA) is 67.6 Å². The molecule has 8 heteroatoms. The normalized spacial score (nSPS) is 25.6. The molecule has 3 atom stereocenters. The zero-order valence-corrected chi connectivity index (χ0v) is 10.3. The average molecular weight is 269 g/mol. The van der Waals surface area contributed by atoms with E-state index < -0.39 is 30.2 Å². The lowest BCUT2D eigenvalue weighted by Gasteiger charge is -2.42. The van der Waals surface area contributed by atoms with E-state index >= 15 is 0 Å². The summed E-state index contributed by atoms with van der Waals surface area (Å²) in [6.45, 7) is 1.42. The number of nitrogens with zero attached hydrogens (tertiary/aromatic N) is 1. The molecule has 1 aliphatic rings. The van der Waals surface area contributed by atoms with E-state index in [0.717, 1.165) is 4.90 Å². The predicted octanol–water partition coefficient (Wildman–Crippen LogP) is -0.289. The van der Waals surface area contributed by atoms with E-state index in [1.165, 1.54) is 14.0 Å². The summed E-state index contributed by atoms with van der Waals surface area (Å²) >= 11 is 0. The highest BCUT2D eigenvalue weighted by molar-refractivity contribution is 5.81. The van der Waals surface area contributed by atoms with Crippen molar-refractivity contribution in [3.8, 4) is 0 Å². The summed E-state index contributed by atoms with van der Waals surface area (Å²) in [5.41, 5.74) is 5.42. The molecular formula is C10H18F3N3O2. The van der Waals surface area contributed by atoms with Gasteiger partial charge in [-0.05, 0) is 6.92 Å². The van der Waals surface area contributed by atoms with E-state index in [0.29, 0.717) is 0 Å². The van der Waals surface area contributed by atoms with Crippen molar-refractivity contribution < 1.29 is 22.7 Å². The van der Waals surface area contributed by atoms with Crippen molar-refractivity contribution >= 4 is 5.91 Å². The number of hydrogen-bond acceptors (Lipinski definition) is 4. The lowest BCUT2D eigenvalue weighted by atomic mass is 10.0. The van der Waals surface area contributed by atoms with Gasteiger partial charge in [-0.3, -0.25) is 9.69 Å². The SMILES string of the molecule is CNC(=O)C1COCCN1C(C(C)N)C(F)(F)F. The fraction of sp³-hybridized carbons (Fsp3) is 0.900. The molecule has 1 aliphatic heterocycles. The third-order valence-corrected chi connectivity index (χ3v) is 2.91. The monoisotopic (exact) mass is 269 g/mol. The minimum absolute atomic E-state index is 0.0316. The van der Waals surface area contributed by atoms with Crippen LogP contribution in [0.15, 0.2) is 0 Å². The number of carbonyl (C=O) groups excluding carboxylic acids is 1. The minimum atomic E-state index is -4.47. The van der Waals surface area contributed by atoms with Crippen LogP contribution in [0.2, 0.25) is 0 Å². The molecular weight excluding hydrogens is 251 g/mol. The van der Waals surface area contributed by atoms with Gasteiger partial charge in [-0.25, -0.2) is 0 Å². The van der Waals surface area contributed by atoms with Gasteiger partial charge in [0.2, 0.25) is 5.91 Å². The van der Waals surface area contributed by atoms with Gasteiger partial charge in [-0.15, -0.1) is 0 Å². The average Bonchev–Trinajstić information content (AvgIpc) is 2.26. The summed E-state index contributed by atoms with van der Waals surface area (Å²) in [7, 11) is 1.38. The Morgan fingerprint density at radius 1 is 1.56 bits per heavy atom. The van der Waals surface area contributed by atoms with Crippen LogP contribution in [0.3, 0.4) is 0 Å². The molecule has 0 aromatic rings. The van der Waals surface area contributed by atoms with Gasteiger partial charge >= 0.3 is 6.18 Å². The second-order valence-corrected chi connectivity index (χ2v) is 4.29. The molecule has 0 aliphatic carbocycles. The fourth-order valence-electron chi connectivity index (χ4n) is 2.13. The van der Waals surface area contributed by atoms with E-state index in [1.54, 1.807) is 0 Å². The zero-order valence-electron chi connectivity index (χ0n) is 10.3. The van der Waals surface area contributed by atoms with E-state index in [2.05, 4.69) is 5.32 Å². The molecule has 0 bridgehead atoms. The van der Waals surface area contributed by atoms with Gasteiger partial charge < -0.3 is 15.8 Å². The summed E-state index contributed by atoms with van der Waals surface area (Å²) in [4.78, 5) is 12.7. The number of carbonyl (C=O) groups is 1. The lowest BCUT2D eigenvalue weighted by molar-refractivity contribution is -0.205. The first-order valence-electron chi connectivity index (χ1n) is 5.66. The van der Waals surface area contributed by atoms with Crippen molar-refractivity contribution in [1.29, 1.82) is 0 Å². The van der Waals surface area contributed by atoms with Gasteiger partial charge in [-0.2, -0.15) is 13.2 Å². The van der Waals surface area contributed by atoms with Crippen LogP contribution in [0, 0.1) is 0 Å². The molecule has 1 heterocycles. The molecule has 3 unspecified atom stereocenters. The zero-order chi connectivity index (χ0) is 13.9. The second kappa shape index (κ2) is 5.85. The van der Waals surface area contributed by atoms with Crippen LogP contribution in [-0.2, 0) is 9.53 Å². The molecule has 5 nitrogen and oxygen atoms in total. The molecule has 0 radical (unpaired) electrons. The summed E-state index contributed by atoms with van der Waals surface area (Å²) in [5, 5.41) is 2.34. The predicted molar refractivity (Wildman–Crippen MR) is 58.9 cm³/mol. The van der Waals surface area contributed by atoms with Crippen molar-refractivity contribution in [1.82, 2.24) is 10.2 Å². The largest absolute Gasteiger partial charge is 0.405 e. The smallest absolute Gasteiger partial charge is 0.378 e. The summed E-state index contributed by atoms with van der Waals surface area (Å²) in [6, 6.07) is -3.92. The molecule has 1 saturated heterocycles. The summed E-state index contributed by atoms with van der Waals surface area (Å²) < 4.78 is 44.1. The maximum Gasteiger partial charge on any atom is 0.405 e. The minimum Gasteiger partial charge on any atom is -0.378 e. The third-order valence-electron chi connectivity index (χ3n) is 2.91. The van der Waals surface area contributed by atoms with Crippen molar-refractivity contribution in [2.45, 2.75) is 31.2 Å². The summed E-state index contributed by atoms with van der Waals surface area (Å²) in [6.07, 6.45) is -4.47. The Balaban J connectivity index is 2.96. The molecule has 1 rings (SSSR count). The Hall–Kier alpha value is -0.860. The molecule has 3 N–H and O–H groups in total. The maximum atomic E-state index is 13.0. The Labute approximate surface area is 103 Å². The Bertz CT molecular complexity index is 297. The number of nitrogens with one attached hydrogen (secondary N) is 1. The molecule has 0 spiro atoms. The number of morpholine rings is 1. The highest BCUT2D eigenvalue weighted by Crippen LogP contribution is 2.29. The number of halogens is 3. The highest BCUT2D eigenvalue weighted by Gasteiger charge is 2.49. The number of nitrogens with two attached hydrogens (primary N) is 1. The Morgan fingerprint density at radius 3 is 2.61 bits per heavy atom. The van der Waals surface area contributed by atoms with Gasteiger partial charge in [0.25, 0.3) is 0 Å². The number of likely N-dealkylation sites (N-methyl/N-ethyl adjacent to an activating group) is 1. The maximum absolute atomic E-state index is 13.0. The first kappa shape index (κ1) is 15.2. The van der Waals surface area contributed by atoms with Crippen LogP contribution in [0.5, 0.6) is 0 Å². The van der Waals surface area contributed by atoms with Crippen LogP contribution >= 0.6 is 0 Å².